The van der Waals surface area contributed by atoms with Crippen molar-refractivity contribution in [1.82, 2.24) is 20.0 Å². The first kappa shape index (κ1) is 29.3. The number of urea groups is 1. The minimum atomic E-state index is -4.80. The first-order valence-corrected chi connectivity index (χ1v) is 13.4. The fraction of sp³-hybridized carbons (Fsp3) is 0.429. The molecule has 3 aliphatic rings. The molecule has 0 bridgehead atoms. The minimum Gasteiger partial charge on any atom is -0.427 e. The first-order chi connectivity index (χ1) is 19.9. The first-order valence-electron chi connectivity index (χ1n) is 13.4. The summed E-state index contributed by atoms with van der Waals surface area (Å²) < 4.78 is 59.8. The molecule has 2 saturated heterocycles. The molecule has 2 aromatic rings. The molecule has 2 fully saturated rings. The van der Waals surface area contributed by atoms with E-state index < -0.39 is 54.6 Å². The van der Waals surface area contributed by atoms with Crippen LogP contribution in [0.4, 0.5) is 32.8 Å². The number of aryl methyl sites for hydroxylation is 1. The third-order valence-electron chi connectivity index (χ3n) is 7.80. The van der Waals surface area contributed by atoms with Crippen molar-refractivity contribution >= 4 is 29.6 Å². The van der Waals surface area contributed by atoms with Crippen LogP contribution in [0.1, 0.15) is 36.5 Å². The number of fused-ring (bicyclic) bond motifs is 2. The standard InChI is InChI=1S/C28H29F4N5O5/c1-17(28(30,31)32)36(14-18-3-5-20(29)6-4-18)23(38)15-37-24(39)27(42-26(37)41)10-9-19-13-21(7-8-22(19)27)34-25(40)35-12-2-11-33-16-35/h3-8,13,17,33H,2,9-12,14-16H2,1H3,(H,34,40)/t17-,27+/m0/s1. The minimum absolute atomic E-state index is 0.0727. The van der Waals surface area contributed by atoms with Gasteiger partial charge in [-0.15, -0.1) is 0 Å². The van der Waals surface area contributed by atoms with Gasteiger partial charge in [-0.1, -0.05) is 18.2 Å². The average molecular weight is 592 g/mol. The highest BCUT2D eigenvalue weighted by Gasteiger charge is 2.58. The number of alkyl halides is 3. The average Bonchev–Trinajstić information content (AvgIpc) is 3.43. The van der Waals surface area contributed by atoms with Crippen molar-refractivity contribution in [1.29, 1.82) is 0 Å². The number of rotatable bonds is 6. The quantitative estimate of drug-likeness (QED) is 0.496. The second-order valence-corrected chi connectivity index (χ2v) is 10.5. The maximum absolute atomic E-state index is 13.7. The molecule has 2 aromatic carbocycles. The van der Waals surface area contributed by atoms with E-state index in [9.17, 15) is 36.7 Å². The molecule has 1 spiro atoms. The molecule has 224 valence electrons. The molecule has 1 aliphatic carbocycles. The number of benzene rings is 2. The molecule has 5 rings (SSSR count). The zero-order valence-corrected chi connectivity index (χ0v) is 22.7. The Hall–Kier alpha value is -4.20. The van der Waals surface area contributed by atoms with E-state index in [0.717, 1.165) is 32.0 Å². The fourth-order valence-electron chi connectivity index (χ4n) is 5.43. The normalized spacial score (nSPS) is 20.9. The van der Waals surface area contributed by atoms with Crippen molar-refractivity contribution in [2.45, 2.75) is 50.6 Å². The molecule has 0 unspecified atom stereocenters. The Balaban J connectivity index is 1.32. The second-order valence-electron chi connectivity index (χ2n) is 10.5. The lowest BCUT2D eigenvalue weighted by Crippen LogP contribution is -2.51. The molecule has 2 aliphatic heterocycles. The molecule has 14 heteroatoms. The Morgan fingerprint density at radius 3 is 2.57 bits per heavy atom. The number of nitrogens with zero attached hydrogens (tertiary/aromatic N) is 3. The topological polar surface area (TPSA) is 111 Å². The van der Waals surface area contributed by atoms with Gasteiger partial charge in [0.05, 0.1) is 6.67 Å². The summed E-state index contributed by atoms with van der Waals surface area (Å²) in [6, 6.07) is 6.89. The predicted molar refractivity (Wildman–Crippen MR) is 140 cm³/mol. The number of halogens is 4. The number of nitrogens with one attached hydrogen (secondary N) is 2. The second kappa shape index (κ2) is 11.2. The third kappa shape index (κ3) is 5.62. The van der Waals surface area contributed by atoms with Gasteiger partial charge in [0.15, 0.2) is 0 Å². The third-order valence-corrected chi connectivity index (χ3v) is 7.80. The number of carbonyl (C=O) groups excluding carboxylic acids is 4. The van der Waals surface area contributed by atoms with E-state index in [1.54, 1.807) is 23.1 Å². The Morgan fingerprint density at radius 2 is 1.90 bits per heavy atom. The highest BCUT2D eigenvalue weighted by atomic mass is 19.4. The predicted octanol–water partition coefficient (Wildman–Crippen LogP) is 3.71. The summed E-state index contributed by atoms with van der Waals surface area (Å²) in [6.45, 7) is 1.16. The van der Waals surface area contributed by atoms with Gasteiger partial charge in [-0.05, 0) is 61.7 Å². The molecule has 0 radical (unpaired) electrons. The van der Waals surface area contributed by atoms with E-state index >= 15 is 0 Å². The van der Waals surface area contributed by atoms with Gasteiger partial charge in [-0.2, -0.15) is 13.2 Å². The largest absolute Gasteiger partial charge is 0.427 e. The lowest BCUT2D eigenvalue weighted by molar-refractivity contribution is -0.187. The summed E-state index contributed by atoms with van der Waals surface area (Å²) >= 11 is 0. The van der Waals surface area contributed by atoms with Crippen LogP contribution < -0.4 is 10.6 Å². The summed E-state index contributed by atoms with van der Waals surface area (Å²) in [4.78, 5) is 54.8. The van der Waals surface area contributed by atoms with Crippen LogP contribution in [0.5, 0.6) is 0 Å². The van der Waals surface area contributed by atoms with E-state index in [0.29, 0.717) is 46.2 Å². The summed E-state index contributed by atoms with van der Waals surface area (Å²) in [5, 5.41) is 5.93. The van der Waals surface area contributed by atoms with E-state index in [2.05, 4.69) is 10.6 Å². The van der Waals surface area contributed by atoms with Gasteiger partial charge in [0.25, 0.3) is 5.91 Å². The molecule has 42 heavy (non-hydrogen) atoms. The van der Waals surface area contributed by atoms with E-state index in [1.807, 2.05) is 0 Å². The van der Waals surface area contributed by atoms with Crippen molar-refractivity contribution in [2.24, 2.45) is 0 Å². The van der Waals surface area contributed by atoms with Crippen molar-refractivity contribution in [3.63, 3.8) is 0 Å². The van der Waals surface area contributed by atoms with E-state index in [-0.39, 0.29) is 18.0 Å². The number of hydrogen-bond donors (Lipinski definition) is 2. The summed E-state index contributed by atoms with van der Waals surface area (Å²) in [6.07, 6.45) is -4.71. The lowest BCUT2D eigenvalue weighted by atomic mass is 9.94. The summed E-state index contributed by atoms with van der Waals surface area (Å²) in [5.74, 6) is -2.57. The smallest absolute Gasteiger partial charge is 0.418 e. The molecule has 2 N–H and O–H groups in total. The van der Waals surface area contributed by atoms with Gasteiger partial charge in [0.1, 0.15) is 18.4 Å². The molecular formula is C28H29F4N5O5. The molecule has 2 heterocycles. The van der Waals surface area contributed by atoms with Crippen LogP contribution in [0.2, 0.25) is 0 Å². The number of carbonyl (C=O) groups is 4. The van der Waals surface area contributed by atoms with Gasteiger partial charge in [-0.3, -0.25) is 14.9 Å². The Labute approximate surface area is 238 Å². The SMILES string of the molecule is C[C@H](N(Cc1ccc(F)cc1)C(=O)CN1C(=O)O[C@@]2(CCc3cc(NC(=O)N4CCCNC4)ccc32)C1=O)C(F)(F)F. The van der Waals surface area contributed by atoms with Crippen LogP contribution in [0.3, 0.4) is 0 Å². The van der Waals surface area contributed by atoms with Crippen LogP contribution in [0, 0.1) is 5.82 Å². The number of ether oxygens (including phenoxy) is 1. The fourth-order valence-corrected chi connectivity index (χ4v) is 5.43. The number of amides is 5. The van der Waals surface area contributed by atoms with Gasteiger partial charge in [-0.25, -0.2) is 18.9 Å². The van der Waals surface area contributed by atoms with Crippen LogP contribution >= 0.6 is 0 Å². The highest BCUT2D eigenvalue weighted by Crippen LogP contribution is 2.46. The zero-order valence-electron chi connectivity index (χ0n) is 22.7. The number of imide groups is 1. The number of hydrogen-bond acceptors (Lipinski definition) is 6. The van der Waals surface area contributed by atoms with Gasteiger partial charge >= 0.3 is 18.3 Å². The van der Waals surface area contributed by atoms with Crippen molar-refractivity contribution in [2.75, 3.05) is 31.6 Å². The van der Waals surface area contributed by atoms with Gasteiger partial charge in [0.2, 0.25) is 11.5 Å². The molecule has 5 amide bonds. The highest BCUT2D eigenvalue weighted by molar-refractivity contribution is 6.06. The lowest BCUT2D eigenvalue weighted by Gasteiger charge is -2.31. The Morgan fingerprint density at radius 1 is 1.17 bits per heavy atom. The van der Waals surface area contributed by atoms with Gasteiger partial charge in [0, 0.05) is 30.8 Å². The maximum Gasteiger partial charge on any atom is 0.418 e. The number of anilines is 1. The summed E-state index contributed by atoms with van der Waals surface area (Å²) in [7, 11) is 0. The van der Waals surface area contributed by atoms with E-state index in [1.165, 1.54) is 12.1 Å². The molecule has 2 atom stereocenters. The van der Waals surface area contributed by atoms with Crippen molar-refractivity contribution in [3.05, 3.63) is 65.0 Å². The van der Waals surface area contributed by atoms with Gasteiger partial charge < -0.3 is 19.9 Å². The molecular weight excluding hydrogens is 562 g/mol. The molecule has 0 saturated carbocycles. The van der Waals surface area contributed by atoms with Crippen molar-refractivity contribution < 1.29 is 41.5 Å². The van der Waals surface area contributed by atoms with Crippen LogP contribution in [0.25, 0.3) is 0 Å². The van der Waals surface area contributed by atoms with Crippen LogP contribution in [-0.2, 0) is 32.9 Å². The Kier molecular flexibility index (Phi) is 7.84. The monoisotopic (exact) mass is 591 g/mol. The molecule has 10 nitrogen and oxygen atoms in total. The molecule has 0 aromatic heterocycles. The summed E-state index contributed by atoms with van der Waals surface area (Å²) in [5.41, 5.74) is 0.0473. The van der Waals surface area contributed by atoms with Crippen molar-refractivity contribution in [3.8, 4) is 0 Å². The van der Waals surface area contributed by atoms with Crippen LogP contribution in [0.15, 0.2) is 42.5 Å². The maximum atomic E-state index is 13.7. The van der Waals surface area contributed by atoms with E-state index in [4.69, 9.17) is 4.74 Å². The van der Waals surface area contributed by atoms with Crippen LogP contribution in [-0.4, -0.2) is 77.2 Å². The zero-order chi connectivity index (χ0) is 30.2. The Bertz CT molecular complexity index is 1400.